The molecule has 0 bridgehead atoms. The van der Waals surface area contributed by atoms with Crippen LogP contribution in [0.25, 0.3) is 6.08 Å². The fourth-order valence-corrected chi connectivity index (χ4v) is 1.14. The summed E-state index contributed by atoms with van der Waals surface area (Å²) in [6.07, 6.45) is 5.68. The molecule has 0 amide bonds. The molecule has 1 aromatic carbocycles. The maximum atomic E-state index is 11.4. The summed E-state index contributed by atoms with van der Waals surface area (Å²) >= 11 is 0. The van der Waals surface area contributed by atoms with E-state index in [1.165, 1.54) is 0 Å². The van der Waals surface area contributed by atoms with Crippen LogP contribution in [-0.4, -0.2) is 5.97 Å². The molecule has 0 heterocycles. The molecule has 0 N–H and O–H groups in total. The first-order valence-electron chi connectivity index (χ1n) is 5.25. The van der Waals surface area contributed by atoms with E-state index in [9.17, 15) is 4.79 Å². The van der Waals surface area contributed by atoms with Crippen LogP contribution < -0.4 is 4.74 Å². The molecule has 0 aromatic heterocycles. The van der Waals surface area contributed by atoms with Crippen LogP contribution >= 0.6 is 0 Å². The number of rotatable bonds is 3. The van der Waals surface area contributed by atoms with Crippen molar-refractivity contribution in [1.29, 1.82) is 0 Å². The molecule has 0 spiro atoms. The van der Waals surface area contributed by atoms with E-state index in [0.29, 0.717) is 11.3 Å². The Labute approximate surface area is 96.2 Å². The van der Waals surface area contributed by atoms with Crippen molar-refractivity contribution in [1.82, 2.24) is 0 Å². The van der Waals surface area contributed by atoms with Gasteiger partial charge in [-0.3, -0.25) is 0 Å². The van der Waals surface area contributed by atoms with Crippen molar-refractivity contribution in [2.45, 2.75) is 20.8 Å². The molecule has 0 unspecified atom stereocenters. The number of allylic oxidation sites excluding steroid dienone is 2. The third-order valence-electron chi connectivity index (χ3n) is 2.20. The standard InChI is InChI=1S/C14H16O2/c1-4-6-12-7-9-13(10-8-12)16-14(15)11(3)5-2/h4-10H,1-3H3/b6-4+,11-5+. The van der Waals surface area contributed by atoms with Gasteiger partial charge in [0.1, 0.15) is 5.75 Å². The molecule has 0 fully saturated rings. The van der Waals surface area contributed by atoms with Crippen molar-refractivity contribution in [2.75, 3.05) is 0 Å². The van der Waals surface area contributed by atoms with Crippen LogP contribution in [0.1, 0.15) is 26.3 Å². The normalized spacial score (nSPS) is 11.8. The van der Waals surface area contributed by atoms with E-state index >= 15 is 0 Å². The minimum Gasteiger partial charge on any atom is -0.423 e. The van der Waals surface area contributed by atoms with Crippen LogP contribution in [0.3, 0.4) is 0 Å². The van der Waals surface area contributed by atoms with Gasteiger partial charge in [-0.1, -0.05) is 30.4 Å². The Morgan fingerprint density at radius 2 is 1.81 bits per heavy atom. The molecular weight excluding hydrogens is 200 g/mol. The second kappa shape index (κ2) is 5.91. The maximum absolute atomic E-state index is 11.4. The van der Waals surface area contributed by atoms with Gasteiger partial charge in [-0.2, -0.15) is 0 Å². The van der Waals surface area contributed by atoms with Crippen molar-refractivity contribution < 1.29 is 9.53 Å². The summed E-state index contributed by atoms with van der Waals surface area (Å²) in [6.45, 7) is 5.51. The Balaban J connectivity index is 2.72. The predicted molar refractivity (Wildman–Crippen MR) is 66.2 cm³/mol. The lowest BCUT2D eigenvalue weighted by atomic mass is 10.2. The molecular formula is C14H16O2. The SMILES string of the molecule is C/C=C/c1ccc(OC(=O)/C(C)=C/C)cc1. The summed E-state index contributed by atoms with van der Waals surface area (Å²) in [6, 6.07) is 7.40. The topological polar surface area (TPSA) is 26.3 Å². The molecule has 1 rings (SSSR count). The van der Waals surface area contributed by atoms with Gasteiger partial charge >= 0.3 is 5.97 Å². The highest BCUT2D eigenvalue weighted by Gasteiger charge is 2.05. The van der Waals surface area contributed by atoms with Crippen LogP contribution in [0.4, 0.5) is 0 Å². The summed E-state index contributed by atoms with van der Waals surface area (Å²) in [5, 5.41) is 0. The van der Waals surface area contributed by atoms with Crippen LogP contribution in [0, 0.1) is 0 Å². The van der Waals surface area contributed by atoms with Gasteiger partial charge in [0.05, 0.1) is 0 Å². The quantitative estimate of drug-likeness (QED) is 0.438. The summed E-state index contributed by atoms with van der Waals surface area (Å²) in [5.41, 5.74) is 1.70. The van der Waals surface area contributed by atoms with Gasteiger partial charge in [0.25, 0.3) is 0 Å². The first-order chi connectivity index (χ1) is 7.67. The average Bonchev–Trinajstić information content (AvgIpc) is 2.31. The molecule has 0 aliphatic heterocycles. The Morgan fingerprint density at radius 3 is 2.31 bits per heavy atom. The predicted octanol–water partition coefficient (Wildman–Crippen LogP) is 3.59. The fraction of sp³-hybridized carbons (Fsp3) is 0.214. The number of carbonyl (C=O) groups is 1. The lowest BCUT2D eigenvalue weighted by Gasteiger charge is -2.04. The van der Waals surface area contributed by atoms with Crippen LogP contribution in [0.5, 0.6) is 5.75 Å². The lowest BCUT2D eigenvalue weighted by Crippen LogP contribution is -2.08. The summed E-state index contributed by atoms with van der Waals surface area (Å²) < 4.78 is 5.17. The number of esters is 1. The van der Waals surface area contributed by atoms with Gasteiger partial charge < -0.3 is 4.74 Å². The van der Waals surface area contributed by atoms with E-state index in [2.05, 4.69) is 0 Å². The molecule has 16 heavy (non-hydrogen) atoms. The second-order valence-electron chi connectivity index (χ2n) is 3.43. The zero-order chi connectivity index (χ0) is 12.0. The van der Waals surface area contributed by atoms with Gasteiger partial charge in [-0.25, -0.2) is 4.79 Å². The molecule has 0 saturated carbocycles. The summed E-state index contributed by atoms with van der Waals surface area (Å²) in [4.78, 5) is 11.4. The number of ether oxygens (including phenoxy) is 1. The van der Waals surface area contributed by atoms with E-state index in [1.807, 2.05) is 38.1 Å². The highest BCUT2D eigenvalue weighted by atomic mass is 16.5. The van der Waals surface area contributed by atoms with Gasteiger partial charge in [-0.05, 0) is 38.5 Å². The Hall–Kier alpha value is -1.83. The van der Waals surface area contributed by atoms with Gasteiger partial charge in [0.15, 0.2) is 0 Å². The molecule has 2 heteroatoms. The van der Waals surface area contributed by atoms with Gasteiger partial charge in [0, 0.05) is 5.57 Å². The molecule has 2 nitrogen and oxygen atoms in total. The first-order valence-corrected chi connectivity index (χ1v) is 5.25. The zero-order valence-electron chi connectivity index (χ0n) is 9.86. The third kappa shape index (κ3) is 3.39. The van der Waals surface area contributed by atoms with E-state index in [0.717, 1.165) is 5.56 Å². The van der Waals surface area contributed by atoms with Crippen LogP contribution in [0.2, 0.25) is 0 Å². The fourth-order valence-electron chi connectivity index (χ4n) is 1.14. The summed E-state index contributed by atoms with van der Waals surface area (Å²) in [5.74, 6) is 0.265. The van der Waals surface area contributed by atoms with Gasteiger partial charge in [-0.15, -0.1) is 0 Å². The molecule has 1 aromatic rings. The Morgan fingerprint density at radius 1 is 1.19 bits per heavy atom. The van der Waals surface area contributed by atoms with Crippen molar-refractivity contribution in [3.8, 4) is 5.75 Å². The van der Waals surface area contributed by atoms with Crippen molar-refractivity contribution in [3.63, 3.8) is 0 Å². The molecule has 0 atom stereocenters. The molecule has 0 aliphatic carbocycles. The first kappa shape index (κ1) is 12.2. The maximum Gasteiger partial charge on any atom is 0.338 e. The zero-order valence-corrected chi connectivity index (χ0v) is 9.86. The third-order valence-corrected chi connectivity index (χ3v) is 2.20. The lowest BCUT2D eigenvalue weighted by molar-refractivity contribution is -0.130. The minimum atomic E-state index is -0.304. The van der Waals surface area contributed by atoms with Gasteiger partial charge in [0.2, 0.25) is 0 Å². The van der Waals surface area contributed by atoms with Crippen molar-refractivity contribution in [2.24, 2.45) is 0 Å². The van der Waals surface area contributed by atoms with Crippen LogP contribution in [0.15, 0.2) is 42.0 Å². The Kier molecular flexibility index (Phi) is 4.52. The number of carbonyl (C=O) groups excluding carboxylic acids is 1. The van der Waals surface area contributed by atoms with E-state index in [4.69, 9.17) is 4.74 Å². The molecule has 0 radical (unpaired) electrons. The summed E-state index contributed by atoms with van der Waals surface area (Å²) in [7, 11) is 0. The van der Waals surface area contributed by atoms with E-state index in [1.54, 1.807) is 25.1 Å². The second-order valence-corrected chi connectivity index (χ2v) is 3.43. The van der Waals surface area contributed by atoms with E-state index in [-0.39, 0.29) is 5.97 Å². The number of hydrogen-bond donors (Lipinski definition) is 0. The number of benzene rings is 1. The average molecular weight is 216 g/mol. The molecule has 0 aliphatic rings. The number of hydrogen-bond acceptors (Lipinski definition) is 2. The Bertz CT molecular complexity index is 411. The molecule has 84 valence electrons. The highest BCUT2D eigenvalue weighted by molar-refractivity contribution is 5.89. The molecule has 0 saturated heterocycles. The monoisotopic (exact) mass is 216 g/mol. The largest absolute Gasteiger partial charge is 0.423 e. The van der Waals surface area contributed by atoms with Crippen molar-refractivity contribution >= 4 is 12.0 Å². The van der Waals surface area contributed by atoms with Crippen LogP contribution in [-0.2, 0) is 4.79 Å². The van der Waals surface area contributed by atoms with E-state index < -0.39 is 0 Å². The smallest absolute Gasteiger partial charge is 0.338 e. The minimum absolute atomic E-state index is 0.304. The van der Waals surface area contributed by atoms with Crippen molar-refractivity contribution in [3.05, 3.63) is 47.6 Å². The highest BCUT2D eigenvalue weighted by Crippen LogP contribution is 2.14.